The van der Waals surface area contributed by atoms with Crippen molar-refractivity contribution < 1.29 is 4.74 Å². The summed E-state index contributed by atoms with van der Waals surface area (Å²) in [5, 5.41) is 0.751. The Morgan fingerprint density at radius 1 is 1.55 bits per heavy atom. The van der Waals surface area contributed by atoms with Crippen LogP contribution in [0.2, 0.25) is 5.02 Å². The Bertz CT molecular complexity index is 283. The Labute approximate surface area is 78.4 Å². The molecule has 58 valence electrons. The highest BCUT2D eigenvalue weighted by Gasteiger charge is 2.26. The Kier molecular flexibility index (Phi) is 1.91. The SMILES string of the molecule is Clc1ccc([C@H]2CO2)c(Br)c1. The maximum Gasteiger partial charge on any atom is 0.107 e. The van der Waals surface area contributed by atoms with E-state index in [4.69, 9.17) is 16.3 Å². The minimum atomic E-state index is 0.293. The maximum absolute atomic E-state index is 5.77. The predicted molar refractivity (Wildman–Crippen MR) is 47.8 cm³/mol. The van der Waals surface area contributed by atoms with Gasteiger partial charge in [-0.3, -0.25) is 0 Å². The first-order valence-corrected chi connectivity index (χ1v) is 4.51. The van der Waals surface area contributed by atoms with Gasteiger partial charge >= 0.3 is 0 Å². The molecule has 0 unspecified atom stereocenters. The van der Waals surface area contributed by atoms with Gasteiger partial charge in [-0.2, -0.15) is 0 Å². The molecule has 1 saturated heterocycles. The maximum atomic E-state index is 5.77. The van der Waals surface area contributed by atoms with Gasteiger partial charge in [0.25, 0.3) is 0 Å². The van der Waals surface area contributed by atoms with Crippen LogP contribution in [0.3, 0.4) is 0 Å². The molecule has 1 heterocycles. The molecule has 3 heteroatoms. The number of hydrogen-bond acceptors (Lipinski definition) is 1. The first kappa shape index (κ1) is 7.59. The van der Waals surface area contributed by atoms with Crippen molar-refractivity contribution in [2.24, 2.45) is 0 Å². The summed E-state index contributed by atoms with van der Waals surface area (Å²) in [6, 6.07) is 5.76. The largest absolute Gasteiger partial charge is 0.368 e. The third-order valence-corrected chi connectivity index (χ3v) is 2.56. The van der Waals surface area contributed by atoms with Crippen LogP contribution in [-0.4, -0.2) is 6.61 Å². The van der Waals surface area contributed by atoms with Crippen molar-refractivity contribution in [3.8, 4) is 0 Å². The van der Waals surface area contributed by atoms with E-state index >= 15 is 0 Å². The van der Waals surface area contributed by atoms with E-state index in [2.05, 4.69) is 15.9 Å². The summed E-state index contributed by atoms with van der Waals surface area (Å²) in [7, 11) is 0. The monoisotopic (exact) mass is 232 g/mol. The van der Waals surface area contributed by atoms with Crippen molar-refractivity contribution >= 4 is 27.5 Å². The number of rotatable bonds is 1. The van der Waals surface area contributed by atoms with Gasteiger partial charge in [-0.25, -0.2) is 0 Å². The van der Waals surface area contributed by atoms with Crippen molar-refractivity contribution in [1.82, 2.24) is 0 Å². The average Bonchev–Trinajstić information content (AvgIpc) is 2.70. The molecule has 1 aliphatic heterocycles. The highest BCUT2D eigenvalue weighted by molar-refractivity contribution is 9.10. The van der Waals surface area contributed by atoms with Gasteiger partial charge in [-0.1, -0.05) is 33.6 Å². The molecular formula is C8H6BrClO. The van der Waals surface area contributed by atoms with Gasteiger partial charge in [0.05, 0.1) is 6.61 Å². The minimum Gasteiger partial charge on any atom is -0.368 e. The summed E-state index contributed by atoms with van der Waals surface area (Å²) in [5.41, 5.74) is 1.19. The molecule has 1 aromatic carbocycles. The molecule has 0 aliphatic carbocycles. The molecule has 0 N–H and O–H groups in total. The van der Waals surface area contributed by atoms with Crippen LogP contribution in [0.1, 0.15) is 11.7 Å². The number of benzene rings is 1. The summed E-state index contributed by atoms with van der Waals surface area (Å²) in [4.78, 5) is 0. The van der Waals surface area contributed by atoms with E-state index < -0.39 is 0 Å². The van der Waals surface area contributed by atoms with Crippen molar-refractivity contribution in [2.45, 2.75) is 6.10 Å². The highest BCUT2D eigenvalue weighted by Crippen LogP contribution is 2.35. The predicted octanol–water partition coefficient (Wildman–Crippen LogP) is 3.17. The second kappa shape index (κ2) is 2.77. The summed E-state index contributed by atoms with van der Waals surface area (Å²) in [6.07, 6.45) is 0.293. The molecule has 1 atom stereocenters. The smallest absolute Gasteiger partial charge is 0.107 e. The van der Waals surface area contributed by atoms with Gasteiger partial charge in [-0.05, 0) is 17.7 Å². The number of halogens is 2. The van der Waals surface area contributed by atoms with E-state index in [-0.39, 0.29) is 0 Å². The second-order valence-corrected chi connectivity index (χ2v) is 3.78. The number of epoxide rings is 1. The fourth-order valence-electron chi connectivity index (χ4n) is 0.990. The lowest BCUT2D eigenvalue weighted by Gasteiger charge is -1.99. The molecular weight excluding hydrogens is 227 g/mol. The Balaban J connectivity index is 2.39. The summed E-state index contributed by atoms with van der Waals surface area (Å²) in [5.74, 6) is 0. The molecule has 0 saturated carbocycles. The zero-order valence-electron chi connectivity index (χ0n) is 5.68. The van der Waals surface area contributed by atoms with Gasteiger partial charge < -0.3 is 4.74 Å². The molecule has 0 radical (unpaired) electrons. The first-order chi connectivity index (χ1) is 5.27. The quantitative estimate of drug-likeness (QED) is 0.679. The normalized spacial score (nSPS) is 21.8. The van der Waals surface area contributed by atoms with Crippen LogP contribution >= 0.6 is 27.5 Å². The van der Waals surface area contributed by atoms with E-state index in [1.807, 2.05) is 18.2 Å². The Hall–Kier alpha value is -0.0500. The Morgan fingerprint density at radius 2 is 2.27 bits per heavy atom. The van der Waals surface area contributed by atoms with Crippen LogP contribution in [0.5, 0.6) is 0 Å². The van der Waals surface area contributed by atoms with Gasteiger partial charge in [0.15, 0.2) is 0 Å². The summed E-state index contributed by atoms with van der Waals surface area (Å²) in [6.45, 7) is 0.834. The third kappa shape index (κ3) is 1.58. The minimum absolute atomic E-state index is 0.293. The molecule has 1 nitrogen and oxygen atoms in total. The lowest BCUT2D eigenvalue weighted by molar-refractivity contribution is 0.415. The van der Waals surface area contributed by atoms with Crippen molar-refractivity contribution in [1.29, 1.82) is 0 Å². The summed E-state index contributed by atoms with van der Waals surface area (Å²) < 4.78 is 6.18. The molecule has 11 heavy (non-hydrogen) atoms. The molecule has 1 aliphatic rings. The lowest BCUT2D eigenvalue weighted by Crippen LogP contribution is -1.81. The third-order valence-electron chi connectivity index (χ3n) is 1.64. The molecule has 0 bridgehead atoms. The van der Waals surface area contributed by atoms with Gasteiger partial charge in [-0.15, -0.1) is 0 Å². The van der Waals surface area contributed by atoms with Crippen molar-refractivity contribution in [3.63, 3.8) is 0 Å². The highest BCUT2D eigenvalue weighted by atomic mass is 79.9. The van der Waals surface area contributed by atoms with Crippen LogP contribution < -0.4 is 0 Å². The number of hydrogen-bond donors (Lipinski definition) is 0. The molecule has 2 rings (SSSR count). The molecule has 0 spiro atoms. The van der Waals surface area contributed by atoms with Crippen LogP contribution in [0.4, 0.5) is 0 Å². The van der Waals surface area contributed by atoms with Crippen LogP contribution in [0, 0.1) is 0 Å². The van der Waals surface area contributed by atoms with Crippen LogP contribution in [0.15, 0.2) is 22.7 Å². The molecule has 0 amide bonds. The topological polar surface area (TPSA) is 12.5 Å². The molecule has 0 aromatic heterocycles. The molecule has 1 fully saturated rings. The van der Waals surface area contributed by atoms with E-state index in [1.54, 1.807) is 0 Å². The van der Waals surface area contributed by atoms with E-state index in [1.165, 1.54) is 5.56 Å². The van der Waals surface area contributed by atoms with Gasteiger partial charge in [0.1, 0.15) is 6.10 Å². The summed E-state index contributed by atoms with van der Waals surface area (Å²) >= 11 is 9.19. The van der Waals surface area contributed by atoms with Crippen molar-refractivity contribution in [2.75, 3.05) is 6.61 Å². The number of ether oxygens (including phenoxy) is 1. The van der Waals surface area contributed by atoms with Gasteiger partial charge in [0, 0.05) is 9.50 Å². The zero-order valence-corrected chi connectivity index (χ0v) is 8.02. The standard InChI is InChI=1S/C8H6BrClO/c9-7-3-5(10)1-2-6(7)8-4-11-8/h1-3,8H,4H2/t8-/m1/s1. The average molecular weight is 233 g/mol. The van der Waals surface area contributed by atoms with E-state index in [9.17, 15) is 0 Å². The van der Waals surface area contributed by atoms with E-state index in [0.29, 0.717) is 6.10 Å². The first-order valence-electron chi connectivity index (χ1n) is 3.34. The van der Waals surface area contributed by atoms with Crippen LogP contribution in [0.25, 0.3) is 0 Å². The second-order valence-electron chi connectivity index (χ2n) is 2.49. The fourth-order valence-corrected chi connectivity index (χ4v) is 1.93. The van der Waals surface area contributed by atoms with E-state index in [0.717, 1.165) is 16.1 Å². The van der Waals surface area contributed by atoms with Gasteiger partial charge in [0.2, 0.25) is 0 Å². The zero-order chi connectivity index (χ0) is 7.84. The fraction of sp³-hybridized carbons (Fsp3) is 0.250. The van der Waals surface area contributed by atoms with Crippen LogP contribution in [-0.2, 0) is 4.74 Å². The lowest BCUT2D eigenvalue weighted by atomic mass is 10.2. The Morgan fingerprint density at radius 3 is 2.82 bits per heavy atom. The van der Waals surface area contributed by atoms with Crippen molar-refractivity contribution in [3.05, 3.63) is 33.3 Å². The molecule has 1 aromatic rings.